The van der Waals surface area contributed by atoms with Gasteiger partial charge in [-0.05, 0) is 48.4 Å². The van der Waals surface area contributed by atoms with Crippen LogP contribution >= 0.6 is 11.6 Å². The van der Waals surface area contributed by atoms with Gasteiger partial charge in [-0.15, -0.1) is 0 Å². The Hall–Kier alpha value is -4.20. The van der Waals surface area contributed by atoms with Crippen molar-refractivity contribution < 1.29 is 22.7 Å². The fourth-order valence-electron chi connectivity index (χ4n) is 4.55. The largest absolute Gasteiger partial charge is 0.393 e. The van der Waals surface area contributed by atoms with Crippen molar-refractivity contribution in [1.82, 2.24) is 24.4 Å². The van der Waals surface area contributed by atoms with Crippen LogP contribution in [0.3, 0.4) is 0 Å². The number of nitrogens with zero attached hydrogens (tertiary/aromatic N) is 5. The molecule has 0 atom stereocenters. The number of benzene rings is 2. The molecule has 1 amide bonds. The molecule has 1 aliphatic rings. The summed E-state index contributed by atoms with van der Waals surface area (Å²) in [6.45, 7) is 6.78. The number of halogens is 4. The smallest absolute Gasteiger partial charge is 0.379 e. The second-order valence-corrected chi connectivity index (χ2v) is 10.4. The number of anilines is 4. The molecule has 1 saturated heterocycles. The normalized spacial score (nSPS) is 14.0. The number of alkyl halides is 3. The van der Waals surface area contributed by atoms with Crippen LogP contribution in [0.4, 0.5) is 36.3 Å². The van der Waals surface area contributed by atoms with Gasteiger partial charge in [-0.1, -0.05) is 17.7 Å². The molecule has 0 unspecified atom stereocenters. The van der Waals surface area contributed by atoms with Gasteiger partial charge in [0.15, 0.2) is 0 Å². The fraction of sp³-hybridized carbons (Fsp3) is 0.310. The number of ether oxygens (including phenoxy) is 1. The van der Waals surface area contributed by atoms with Crippen LogP contribution in [0.1, 0.15) is 21.5 Å². The number of nitrogens with one attached hydrogen (secondary N) is 3. The summed E-state index contributed by atoms with van der Waals surface area (Å²) in [6.07, 6.45) is -0.765. The van der Waals surface area contributed by atoms with Crippen molar-refractivity contribution in [1.29, 1.82) is 0 Å². The van der Waals surface area contributed by atoms with Crippen LogP contribution in [0.25, 0.3) is 5.82 Å². The van der Waals surface area contributed by atoms with Crippen LogP contribution < -0.4 is 16.0 Å². The lowest BCUT2D eigenvalue weighted by Gasteiger charge is -2.26. The molecule has 10 nitrogen and oxygen atoms in total. The van der Waals surface area contributed by atoms with E-state index in [1.807, 2.05) is 13.0 Å². The highest BCUT2D eigenvalue weighted by Gasteiger charge is 2.29. The van der Waals surface area contributed by atoms with Crippen LogP contribution in [-0.4, -0.2) is 75.9 Å². The van der Waals surface area contributed by atoms with E-state index in [1.165, 1.54) is 24.5 Å². The third kappa shape index (κ3) is 8.21. The Morgan fingerprint density at radius 3 is 2.67 bits per heavy atom. The van der Waals surface area contributed by atoms with E-state index in [-0.39, 0.29) is 16.3 Å². The Bertz CT molecular complexity index is 1570. The van der Waals surface area contributed by atoms with Crippen molar-refractivity contribution in [3.8, 4) is 5.82 Å². The van der Waals surface area contributed by atoms with Crippen molar-refractivity contribution in [3.05, 3.63) is 82.9 Å². The molecule has 0 radical (unpaired) electrons. The molecule has 3 N–H and O–H groups in total. The average Bonchev–Trinajstić information content (AvgIpc) is 3.44. The van der Waals surface area contributed by atoms with E-state index in [0.29, 0.717) is 28.8 Å². The lowest BCUT2D eigenvalue weighted by Crippen LogP contribution is -2.39. The highest BCUT2D eigenvalue weighted by molar-refractivity contribution is 6.31. The van der Waals surface area contributed by atoms with Gasteiger partial charge in [0.2, 0.25) is 5.95 Å². The zero-order valence-electron chi connectivity index (χ0n) is 23.3. The summed E-state index contributed by atoms with van der Waals surface area (Å²) >= 11 is 5.93. The van der Waals surface area contributed by atoms with Crippen LogP contribution in [0.15, 0.2) is 61.2 Å². The molecule has 2 aromatic carbocycles. The van der Waals surface area contributed by atoms with Gasteiger partial charge in [0.1, 0.15) is 18.0 Å². The summed E-state index contributed by atoms with van der Waals surface area (Å²) in [7, 11) is 0. The zero-order valence-corrected chi connectivity index (χ0v) is 24.0. The van der Waals surface area contributed by atoms with E-state index < -0.39 is 18.5 Å². The van der Waals surface area contributed by atoms with Crippen molar-refractivity contribution in [2.75, 3.05) is 55.3 Å². The summed E-state index contributed by atoms with van der Waals surface area (Å²) in [6, 6.07) is 10.9. The number of rotatable bonds is 10. The maximum absolute atomic E-state index is 13.0. The predicted molar refractivity (Wildman–Crippen MR) is 159 cm³/mol. The summed E-state index contributed by atoms with van der Waals surface area (Å²) in [5, 5.41) is 9.22. The van der Waals surface area contributed by atoms with E-state index in [2.05, 4.69) is 35.8 Å². The number of carbonyl (C=O) groups is 1. The zero-order chi connectivity index (χ0) is 30.4. The van der Waals surface area contributed by atoms with E-state index in [4.69, 9.17) is 16.3 Å². The van der Waals surface area contributed by atoms with Crippen molar-refractivity contribution in [2.45, 2.75) is 19.5 Å². The molecule has 0 aliphatic carbocycles. The Balaban J connectivity index is 1.27. The molecular formula is C29H30ClF3N8O2. The summed E-state index contributed by atoms with van der Waals surface area (Å²) < 4.78 is 45.9. The quantitative estimate of drug-likeness (QED) is 0.216. The maximum Gasteiger partial charge on any atom is 0.393 e. The van der Waals surface area contributed by atoms with E-state index in [9.17, 15) is 18.0 Å². The monoisotopic (exact) mass is 614 g/mol. The Morgan fingerprint density at radius 1 is 1.07 bits per heavy atom. The lowest BCUT2D eigenvalue weighted by atomic mass is 10.1. The third-order valence-corrected chi connectivity index (χ3v) is 7.19. The molecule has 0 saturated carbocycles. The van der Waals surface area contributed by atoms with Crippen molar-refractivity contribution in [3.63, 3.8) is 0 Å². The van der Waals surface area contributed by atoms with Gasteiger partial charge < -0.3 is 20.7 Å². The highest BCUT2D eigenvalue weighted by atomic mass is 35.5. The van der Waals surface area contributed by atoms with Gasteiger partial charge in [-0.2, -0.15) is 13.2 Å². The van der Waals surface area contributed by atoms with Crippen molar-refractivity contribution >= 4 is 40.6 Å². The Labute approximate surface area is 251 Å². The molecule has 226 valence electrons. The van der Waals surface area contributed by atoms with Gasteiger partial charge in [0.05, 0.1) is 19.6 Å². The molecule has 0 spiro atoms. The number of hydrogen-bond donors (Lipinski definition) is 3. The average molecular weight is 615 g/mol. The first kappa shape index (κ1) is 30.3. The Kier molecular flexibility index (Phi) is 9.43. The molecule has 4 aromatic rings. The number of aromatic nitrogens is 4. The highest BCUT2D eigenvalue weighted by Crippen LogP contribution is 2.29. The minimum atomic E-state index is -4.43. The fourth-order valence-corrected chi connectivity index (χ4v) is 4.73. The minimum absolute atomic E-state index is 0.0211. The SMILES string of the molecule is Cc1ccc(C(=O)Nc2ccc(Cl)c(CC(F)(F)F)c2)cc1Nc1nccn1-c1cc(NCCN2CCOCC2)ncn1. The first-order valence-electron chi connectivity index (χ1n) is 13.6. The Morgan fingerprint density at radius 2 is 1.88 bits per heavy atom. The number of morpholine rings is 1. The van der Waals surface area contributed by atoms with Gasteiger partial charge in [-0.25, -0.2) is 15.0 Å². The lowest BCUT2D eigenvalue weighted by molar-refractivity contribution is -0.127. The van der Waals surface area contributed by atoms with Crippen LogP contribution in [0.2, 0.25) is 5.02 Å². The van der Waals surface area contributed by atoms with E-state index >= 15 is 0 Å². The number of amides is 1. The molecule has 3 heterocycles. The van der Waals surface area contributed by atoms with Crippen LogP contribution in [-0.2, 0) is 11.2 Å². The third-order valence-electron chi connectivity index (χ3n) is 6.82. The topological polar surface area (TPSA) is 109 Å². The molecule has 1 aliphatic heterocycles. The van der Waals surface area contributed by atoms with Gasteiger partial charge >= 0.3 is 6.18 Å². The molecule has 0 bridgehead atoms. The standard InChI is InChI=1S/C29H30ClF3N8O2/c1-19-2-3-20(27(42)38-22-4-5-23(30)21(14-22)17-29(31,32)33)15-24(19)39-28-35-7-9-41(28)26-16-25(36-18-37-26)34-6-8-40-10-12-43-13-11-40/h2-5,7,9,14-16,18H,6,8,10-13,17H2,1H3,(H,35,39)(H,38,42)(H,34,36,37). The molecule has 2 aromatic heterocycles. The predicted octanol–water partition coefficient (Wildman–Crippen LogP) is 5.47. The second-order valence-electron chi connectivity index (χ2n) is 9.97. The second kappa shape index (κ2) is 13.4. The molecule has 14 heteroatoms. The van der Waals surface area contributed by atoms with Gasteiger partial charge in [0.25, 0.3) is 5.91 Å². The molecule has 1 fully saturated rings. The van der Waals surface area contributed by atoms with Crippen molar-refractivity contribution in [2.24, 2.45) is 0 Å². The molecule has 43 heavy (non-hydrogen) atoms. The van der Waals surface area contributed by atoms with Crippen LogP contribution in [0.5, 0.6) is 0 Å². The summed E-state index contributed by atoms with van der Waals surface area (Å²) in [4.78, 5) is 28.5. The molecule has 5 rings (SSSR count). The maximum atomic E-state index is 13.0. The van der Waals surface area contributed by atoms with E-state index in [0.717, 1.165) is 45.0 Å². The number of aryl methyl sites for hydroxylation is 1. The van der Waals surface area contributed by atoms with Crippen LogP contribution in [0, 0.1) is 6.92 Å². The minimum Gasteiger partial charge on any atom is -0.379 e. The molecular weight excluding hydrogens is 585 g/mol. The number of carbonyl (C=O) groups excluding carboxylic acids is 1. The van der Waals surface area contributed by atoms with Gasteiger partial charge in [-0.3, -0.25) is 14.3 Å². The first-order valence-corrected chi connectivity index (χ1v) is 14.0. The number of imidazole rings is 1. The summed E-state index contributed by atoms with van der Waals surface area (Å²) in [5.41, 5.74) is 1.85. The van der Waals surface area contributed by atoms with E-state index in [1.54, 1.807) is 35.2 Å². The summed E-state index contributed by atoms with van der Waals surface area (Å²) in [5.74, 6) is 1.24. The van der Waals surface area contributed by atoms with Gasteiger partial charge in [0, 0.05) is 66.6 Å². The first-order chi connectivity index (χ1) is 20.6. The number of hydrogen-bond acceptors (Lipinski definition) is 8.